The lowest BCUT2D eigenvalue weighted by Crippen LogP contribution is -2.45. The molecule has 120 valence electrons. The molecule has 0 spiro atoms. The number of anilines is 1. The van der Waals surface area contributed by atoms with Crippen LogP contribution in [0.4, 0.5) is 5.69 Å². The minimum absolute atomic E-state index is 0.0960. The van der Waals surface area contributed by atoms with E-state index in [1.54, 1.807) is 4.90 Å². The van der Waals surface area contributed by atoms with Gasteiger partial charge in [0.25, 0.3) is 5.56 Å². The molecule has 0 saturated carbocycles. The van der Waals surface area contributed by atoms with E-state index in [4.69, 9.17) is 4.74 Å². The van der Waals surface area contributed by atoms with Crippen LogP contribution in [0.15, 0.2) is 41.2 Å². The summed E-state index contributed by atoms with van der Waals surface area (Å²) in [5.41, 5.74) is 1.76. The highest BCUT2D eigenvalue weighted by Crippen LogP contribution is 2.30. The molecular weight excluding hydrogens is 294 g/mol. The predicted octanol–water partition coefficient (Wildman–Crippen LogP) is 1.62. The van der Waals surface area contributed by atoms with Gasteiger partial charge in [-0.25, -0.2) is 4.68 Å². The summed E-state index contributed by atoms with van der Waals surface area (Å²) in [6.45, 7) is 1.92. The molecule has 1 aliphatic heterocycles. The number of carbonyl (C=O) groups excluding carboxylic acids is 1. The van der Waals surface area contributed by atoms with E-state index in [9.17, 15) is 9.59 Å². The molecule has 0 aliphatic carbocycles. The largest absolute Gasteiger partial charge is 0.480 e. The molecular formula is C17H19N3O3. The van der Waals surface area contributed by atoms with Crippen molar-refractivity contribution in [2.45, 2.75) is 32.4 Å². The van der Waals surface area contributed by atoms with Crippen molar-refractivity contribution in [3.63, 3.8) is 0 Å². The summed E-state index contributed by atoms with van der Waals surface area (Å²) in [5.74, 6) is 0.164. The summed E-state index contributed by atoms with van der Waals surface area (Å²) in [6, 6.07) is 10.8. The Bertz CT molecular complexity index is 785. The highest BCUT2D eigenvalue weighted by molar-refractivity contribution is 5.95. The van der Waals surface area contributed by atoms with Crippen LogP contribution in [0.1, 0.15) is 18.9 Å². The maximum atomic E-state index is 12.8. The summed E-state index contributed by atoms with van der Waals surface area (Å²) in [4.78, 5) is 26.5. The van der Waals surface area contributed by atoms with Crippen molar-refractivity contribution in [2.75, 3.05) is 12.0 Å². The summed E-state index contributed by atoms with van der Waals surface area (Å²) in [6.07, 6.45) is 1.86. The molecule has 1 aliphatic rings. The highest BCUT2D eigenvalue weighted by atomic mass is 16.5. The third-order valence-corrected chi connectivity index (χ3v) is 4.13. The van der Waals surface area contributed by atoms with Crippen LogP contribution in [-0.4, -0.2) is 28.8 Å². The zero-order chi connectivity index (χ0) is 16.4. The van der Waals surface area contributed by atoms with Crippen LogP contribution in [0.3, 0.4) is 0 Å². The maximum absolute atomic E-state index is 12.8. The molecule has 2 aromatic rings. The summed E-state index contributed by atoms with van der Waals surface area (Å²) in [5, 5.41) is 4.04. The van der Waals surface area contributed by atoms with E-state index in [2.05, 4.69) is 5.10 Å². The van der Waals surface area contributed by atoms with Gasteiger partial charge in [-0.15, -0.1) is 5.10 Å². The number of fused-ring (bicyclic) bond motifs is 1. The number of amides is 1. The highest BCUT2D eigenvalue weighted by Gasteiger charge is 2.28. The molecule has 1 aromatic carbocycles. The average molecular weight is 313 g/mol. The molecule has 0 N–H and O–H groups in total. The van der Waals surface area contributed by atoms with E-state index < -0.39 is 0 Å². The molecule has 6 nitrogen and oxygen atoms in total. The Balaban J connectivity index is 1.90. The first-order valence-electron chi connectivity index (χ1n) is 7.62. The molecule has 0 saturated heterocycles. The predicted molar refractivity (Wildman–Crippen MR) is 86.8 cm³/mol. The standard InChI is InChI=1S/C17H19N3O3/c1-12-7-8-13-5-3-4-6-14(13)20(12)17(22)11-19-16(21)10-9-15(18-19)23-2/h3-6,9-10,12H,7-8,11H2,1-2H3. The third-order valence-electron chi connectivity index (χ3n) is 4.13. The summed E-state index contributed by atoms with van der Waals surface area (Å²) >= 11 is 0. The van der Waals surface area contributed by atoms with Gasteiger partial charge in [0, 0.05) is 23.9 Å². The van der Waals surface area contributed by atoms with E-state index >= 15 is 0 Å². The Morgan fingerprint density at radius 3 is 2.87 bits per heavy atom. The van der Waals surface area contributed by atoms with E-state index in [-0.39, 0.29) is 24.1 Å². The molecule has 0 fully saturated rings. The lowest BCUT2D eigenvalue weighted by Gasteiger charge is -2.35. The van der Waals surface area contributed by atoms with Crippen molar-refractivity contribution in [1.29, 1.82) is 0 Å². The number of para-hydroxylation sites is 1. The fourth-order valence-electron chi connectivity index (χ4n) is 2.92. The monoisotopic (exact) mass is 313 g/mol. The van der Waals surface area contributed by atoms with E-state index in [0.717, 1.165) is 28.8 Å². The number of aromatic nitrogens is 2. The van der Waals surface area contributed by atoms with Crippen LogP contribution in [-0.2, 0) is 17.8 Å². The van der Waals surface area contributed by atoms with Crippen molar-refractivity contribution in [1.82, 2.24) is 9.78 Å². The second kappa shape index (κ2) is 6.24. The first kappa shape index (κ1) is 15.3. The van der Waals surface area contributed by atoms with Crippen molar-refractivity contribution in [3.8, 4) is 5.88 Å². The molecule has 3 rings (SSSR count). The Hall–Kier alpha value is -2.63. The number of ether oxygens (including phenoxy) is 1. The molecule has 0 bridgehead atoms. The average Bonchev–Trinajstić information content (AvgIpc) is 2.56. The molecule has 2 heterocycles. The quantitative estimate of drug-likeness (QED) is 0.864. The topological polar surface area (TPSA) is 64.4 Å². The normalized spacial score (nSPS) is 16.8. The van der Waals surface area contributed by atoms with E-state index in [1.807, 2.05) is 31.2 Å². The van der Waals surface area contributed by atoms with Crippen LogP contribution in [0.5, 0.6) is 5.88 Å². The second-order valence-electron chi connectivity index (χ2n) is 5.65. The van der Waals surface area contributed by atoms with Gasteiger partial charge in [0.05, 0.1) is 7.11 Å². The number of rotatable bonds is 3. The third kappa shape index (κ3) is 2.97. The summed E-state index contributed by atoms with van der Waals surface area (Å²) < 4.78 is 6.16. The van der Waals surface area contributed by atoms with Gasteiger partial charge in [0.15, 0.2) is 0 Å². The maximum Gasteiger partial charge on any atom is 0.267 e. The molecule has 1 atom stereocenters. The lowest BCUT2D eigenvalue weighted by molar-refractivity contribution is -0.120. The van der Waals surface area contributed by atoms with Gasteiger partial charge in [-0.1, -0.05) is 18.2 Å². The zero-order valence-corrected chi connectivity index (χ0v) is 13.2. The lowest BCUT2D eigenvalue weighted by atomic mass is 9.96. The molecule has 1 aromatic heterocycles. The fourth-order valence-corrected chi connectivity index (χ4v) is 2.92. The smallest absolute Gasteiger partial charge is 0.267 e. The van der Waals surface area contributed by atoms with Gasteiger partial charge in [-0.3, -0.25) is 9.59 Å². The van der Waals surface area contributed by atoms with Crippen LogP contribution in [0, 0.1) is 0 Å². The van der Waals surface area contributed by atoms with Crippen LogP contribution in [0.2, 0.25) is 0 Å². The number of hydrogen-bond donors (Lipinski definition) is 0. The first-order valence-corrected chi connectivity index (χ1v) is 7.62. The number of carbonyl (C=O) groups is 1. The minimum Gasteiger partial charge on any atom is -0.480 e. The first-order chi connectivity index (χ1) is 11.1. The van der Waals surface area contributed by atoms with Gasteiger partial charge in [0.1, 0.15) is 6.54 Å². The van der Waals surface area contributed by atoms with Gasteiger partial charge in [-0.05, 0) is 31.4 Å². The summed E-state index contributed by atoms with van der Waals surface area (Å²) in [7, 11) is 1.47. The van der Waals surface area contributed by atoms with Gasteiger partial charge < -0.3 is 9.64 Å². The molecule has 1 unspecified atom stereocenters. The number of aryl methyl sites for hydroxylation is 1. The number of nitrogens with zero attached hydrogens (tertiary/aromatic N) is 3. The van der Waals surface area contributed by atoms with Crippen molar-refractivity contribution in [2.24, 2.45) is 0 Å². The number of benzene rings is 1. The minimum atomic E-state index is -0.322. The van der Waals surface area contributed by atoms with E-state index in [0.29, 0.717) is 5.88 Å². The van der Waals surface area contributed by atoms with Crippen molar-refractivity contribution >= 4 is 11.6 Å². The number of methoxy groups -OCH3 is 1. The fraction of sp³-hybridized carbons (Fsp3) is 0.353. The molecule has 6 heteroatoms. The second-order valence-corrected chi connectivity index (χ2v) is 5.65. The Morgan fingerprint density at radius 2 is 2.09 bits per heavy atom. The Kier molecular flexibility index (Phi) is 4.14. The van der Waals surface area contributed by atoms with E-state index in [1.165, 1.54) is 19.2 Å². The van der Waals surface area contributed by atoms with Gasteiger partial charge >= 0.3 is 0 Å². The molecule has 23 heavy (non-hydrogen) atoms. The molecule has 0 radical (unpaired) electrons. The SMILES string of the molecule is COc1ccc(=O)n(CC(=O)N2c3ccccc3CCC2C)n1. The van der Waals surface area contributed by atoms with Crippen LogP contribution < -0.4 is 15.2 Å². The Morgan fingerprint density at radius 1 is 1.30 bits per heavy atom. The van der Waals surface area contributed by atoms with Crippen LogP contribution in [0.25, 0.3) is 0 Å². The van der Waals surface area contributed by atoms with Gasteiger partial charge in [0.2, 0.25) is 11.8 Å². The van der Waals surface area contributed by atoms with Crippen molar-refractivity contribution in [3.05, 3.63) is 52.3 Å². The van der Waals surface area contributed by atoms with Gasteiger partial charge in [-0.2, -0.15) is 0 Å². The van der Waals surface area contributed by atoms with Crippen LogP contribution >= 0.6 is 0 Å². The Labute approximate surface area is 134 Å². The number of hydrogen-bond acceptors (Lipinski definition) is 4. The molecule has 1 amide bonds. The zero-order valence-electron chi connectivity index (χ0n) is 13.2. The van der Waals surface area contributed by atoms with Crippen molar-refractivity contribution < 1.29 is 9.53 Å².